The number of hydrogen-bond donors (Lipinski definition) is 2. The molecule has 0 saturated carbocycles. The lowest BCUT2D eigenvalue weighted by Crippen LogP contribution is -2.41. The molecule has 0 aromatic heterocycles. The summed E-state index contributed by atoms with van der Waals surface area (Å²) in [5.74, 6) is 2.50. The number of carbonyl (C=O) groups excluding carboxylic acids is 1. The molecule has 0 fully saturated rings. The molecule has 13 heavy (non-hydrogen) atoms. The van der Waals surface area contributed by atoms with Gasteiger partial charge in [-0.1, -0.05) is 5.92 Å². The molecule has 3 N–H and O–H groups in total. The zero-order chi connectivity index (χ0) is 10.3. The predicted octanol–water partition coefficient (Wildman–Crippen LogP) is 0.643. The number of nitrogens with one attached hydrogen (secondary N) is 1. The fraction of sp³-hybridized carbons (Fsp3) is 0.700. The topological polar surface area (TPSA) is 55.1 Å². The highest BCUT2D eigenvalue weighted by Gasteiger charge is 2.15. The van der Waals surface area contributed by atoms with E-state index < -0.39 is 5.54 Å². The van der Waals surface area contributed by atoms with Gasteiger partial charge >= 0.3 is 0 Å². The Hall–Kier alpha value is -1.01. The molecule has 0 aromatic carbocycles. The minimum Gasteiger partial charge on any atom is -0.340 e. The van der Waals surface area contributed by atoms with E-state index in [1.165, 1.54) is 0 Å². The summed E-state index contributed by atoms with van der Waals surface area (Å²) in [6.07, 6.45) is 7.43. The van der Waals surface area contributed by atoms with Gasteiger partial charge in [-0.05, 0) is 33.2 Å². The third-order valence-electron chi connectivity index (χ3n) is 1.67. The second kappa shape index (κ2) is 5.60. The Morgan fingerprint density at radius 3 is 2.62 bits per heavy atom. The highest BCUT2D eigenvalue weighted by atomic mass is 16.1. The van der Waals surface area contributed by atoms with Gasteiger partial charge in [-0.2, -0.15) is 0 Å². The second-order valence-corrected chi connectivity index (χ2v) is 3.56. The van der Waals surface area contributed by atoms with E-state index in [0.29, 0.717) is 13.0 Å². The number of carbonyl (C=O) groups is 1. The number of hydrogen-bond acceptors (Lipinski definition) is 2. The van der Waals surface area contributed by atoms with Crippen LogP contribution in [0.15, 0.2) is 0 Å². The Morgan fingerprint density at radius 1 is 1.54 bits per heavy atom. The molecule has 74 valence electrons. The van der Waals surface area contributed by atoms with Gasteiger partial charge in [0, 0.05) is 6.42 Å². The maximum absolute atomic E-state index is 11.2. The van der Waals surface area contributed by atoms with Crippen molar-refractivity contribution >= 4 is 5.91 Å². The van der Waals surface area contributed by atoms with Crippen LogP contribution < -0.4 is 11.1 Å². The lowest BCUT2D eigenvalue weighted by atomic mass is 10.1. The van der Waals surface area contributed by atoms with Gasteiger partial charge in [0.25, 0.3) is 0 Å². The zero-order valence-corrected chi connectivity index (χ0v) is 8.39. The molecule has 0 aliphatic carbocycles. The van der Waals surface area contributed by atoms with Crippen molar-refractivity contribution in [1.29, 1.82) is 0 Å². The lowest BCUT2D eigenvalue weighted by Gasteiger charge is -2.19. The lowest BCUT2D eigenvalue weighted by molar-refractivity contribution is -0.122. The van der Waals surface area contributed by atoms with Crippen molar-refractivity contribution < 1.29 is 4.79 Å². The summed E-state index contributed by atoms with van der Waals surface area (Å²) in [7, 11) is 0. The molecule has 0 bridgehead atoms. The molecular weight excluding hydrogens is 164 g/mol. The van der Waals surface area contributed by atoms with Crippen LogP contribution in [0.25, 0.3) is 0 Å². The van der Waals surface area contributed by atoms with Gasteiger partial charge in [0.05, 0.1) is 5.54 Å². The molecule has 0 radical (unpaired) electrons. The summed E-state index contributed by atoms with van der Waals surface area (Å²) >= 11 is 0. The van der Waals surface area contributed by atoms with E-state index in [1.54, 1.807) is 13.8 Å². The van der Waals surface area contributed by atoms with Crippen LogP contribution in [0.2, 0.25) is 0 Å². The van der Waals surface area contributed by atoms with E-state index >= 15 is 0 Å². The molecule has 0 heterocycles. The zero-order valence-electron chi connectivity index (χ0n) is 8.39. The number of rotatable bonds is 5. The van der Waals surface area contributed by atoms with Gasteiger partial charge < -0.3 is 11.1 Å². The van der Waals surface area contributed by atoms with E-state index in [1.807, 2.05) is 0 Å². The number of unbranched alkanes of at least 4 members (excludes halogenated alkanes) is 1. The average molecular weight is 182 g/mol. The van der Waals surface area contributed by atoms with Gasteiger partial charge in [-0.15, -0.1) is 6.42 Å². The van der Waals surface area contributed by atoms with Gasteiger partial charge in [-0.25, -0.2) is 0 Å². The minimum atomic E-state index is -0.542. The average Bonchev–Trinajstić information content (AvgIpc) is 2.04. The Kier molecular flexibility index (Phi) is 5.17. The second-order valence-electron chi connectivity index (χ2n) is 3.56. The van der Waals surface area contributed by atoms with E-state index in [9.17, 15) is 4.79 Å². The third kappa shape index (κ3) is 6.18. The maximum Gasteiger partial charge on any atom is 0.221 e. The van der Waals surface area contributed by atoms with Crippen molar-refractivity contribution in [3.63, 3.8) is 0 Å². The Labute approximate surface area is 80.1 Å². The van der Waals surface area contributed by atoms with Crippen LogP contribution in [0.1, 0.15) is 33.1 Å². The van der Waals surface area contributed by atoms with E-state index in [0.717, 1.165) is 12.8 Å². The van der Waals surface area contributed by atoms with Crippen LogP contribution in [-0.4, -0.2) is 18.0 Å². The van der Waals surface area contributed by atoms with Crippen molar-refractivity contribution in [2.24, 2.45) is 5.73 Å². The maximum atomic E-state index is 11.2. The standard InChI is InChI=1S/C10H18N2O/c1-4-10(2,3)12-9(13)7-5-6-8-11/h1H,5-8,11H2,2-3H3,(H,12,13). The molecule has 0 aliphatic rings. The summed E-state index contributed by atoms with van der Waals surface area (Å²) in [6, 6.07) is 0. The first-order valence-corrected chi connectivity index (χ1v) is 4.50. The molecule has 0 atom stereocenters. The van der Waals surface area contributed by atoms with Gasteiger partial charge in [0.15, 0.2) is 0 Å². The Balaban J connectivity index is 3.70. The van der Waals surface area contributed by atoms with Crippen LogP contribution in [0.5, 0.6) is 0 Å². The summed E-state index contributed by atoms with van der Waals surface area (Å²) < 4.78 is 0. The summed E-state index contributed by atoms with van der Waals surface area (Å²) in [5, 5.41) is 2.75. The van der Waals surface area contributed by atoms with Crippen molar-refractivity contribution in [3.8, 4) is 12.3 Å². The van der Waals surface area contributed by atoms with Crippen LogP contribution in [-0.2, 0) is 4.79 Å². The SMILES string of the molecule is C#CC(C)(C)NC(=O)CCCCN. The fourth-order valence-corrected chi connectivity index (χ4v) is 0.877. The Bertz CT molecular complexity index is 203. The van der Waals surface area contributed by atoms with Crippen LogP contribution in [0, 0.1) is 12.3 Å². The van der Waals surface area contributed by atoms with Crippen LogP contribution in [0.4, 0.5) is 0 Å². The summed E-state index contributed by atoms with van der Waals surface area (Å²) in [6.45, 7) is 4.23. The molecule has 0 spiro atoms. The van der Waals surface area contributed by atoms with Crippen molar-refractivity contribution in [1.82, 2.24) is 5.32 Å². The molecular formula is C10H18N2O. The van der Waals surface area contributed by atoms with Gasteiger partial charge in [0.2, 0.25) is 5.91 Å². The molecule has 0 unspecified atom stereocenters. The number of terminal acetylenes is 1. The number of amides is 1. The third-order valence-corrected chi connectivity index (χ3v) is 1.67. The molecule has 3 nitrogen and oxygen atoms in total. The van der Waals surface area contributed by atoms with Gasteiger partial charge in [-0.3, -0.25) is 4.79 Å². The molecule has 0 aromatic rings. The van der Waals surface area contributed by atoms with E-state index in [2.05, 4.69) is 11.2 Å². The van der Waals surface area contributed by atoms with Crippen molar-refractivity contribution in [3.05, 3.63) is 0 Å². The largest absolute Gasteiger partial charge is 0.340 e. The molecule has 0 rings (SSSR count). The van der Waals surface area contributed by atoms with E-state index in [4.69, 9.17) is 12.2 Å². The Morgan fingerprint density at radius 2 is 2.15 bits per heavy atom. The fourth-order valence-electron chi connectivity index (χ4n) is 0.877. The molecule has 1 amide bonds. The molecule has 0 aliphatic heterocycles. The van der Waals surface area contributed by atoms with Gasteiger partial charge in [0.1, 0.15) is 0 Å². The summed E-state index contributed by atoms with van der Waals surface area (Å²) in [5.41, 5.74) is 4.76. The highest BCUT2D eigenvalue weighted by Crippen LogP contribution is 2.01. The van der Waals surface area contributed by atoms with Crippen LogP contribution in [0.3, 0.4) is 0 Å². The van der Waals surface area contributed by atoms with Crippen molar-refractivity contribution in [2.45, 2.75) is 38.6 Å². The first kappa shape index (κ1) is 12.0. The minimum absolute atomic E-state index is 0.00333. The monoisotopic (exact) mass is 182 g/mol. The first-order valence-electron chi connectivity index (χ1n) is 4.50. The van der Waals surface area contributed by atoms with Crippen molar-refractivity contribution in [2.75, 3.05) is 6.54 Å². The predicted molar refractivity (Wildman–Crippen MR) is 54.0 cm³/mol. The number of nitrogens with two attached hydrogens (primary N) is 1. The summed E-state index contributed by atoms with van der Waals surface area (Å²) in [4.78, 5) is 11.2. The van der Waals surface area contributed by atoms with Crippen LogP contribution >= 0.6 is 0 Å². The molecule has 3 heteroatoms. The quantitative estimate of drug-likeness (QED) is 0.484. The molecule has 0 saturated heterocycles. The smallest absolute Gasteiger partial charge is 0.221 e. The van der Waals surface area contributed by atoms with E-state index in [-0.39, 0.29) is 5.91 Å². The normalized spacial score (nSPS) is 10.6. The highest BCUT2D eigenvalue weighted by molar-refractivity contribution is 5.77. The first-order chi connectivity index (χ1) is 6.02.